The van der Waals surface area contributed by atoms with Crippen LogP contribution in [0.15, 0.2) is 40.6 Å². The van der Waals surface area contributed by atoms with Gasteiger partial charge in [0.15, 0.2) is 0 Å². The lowest BCUT2D eigenvalue weighted by molar-refractivity contribution is 0.597. The largest absolute Gasteiger partial charge is 0.380 e. The Bertz CT molecular complexity index is 634. The number of rotatable bonds is 4. The van der Waals surface area contributed by atoms with Gasteiger partial charge >= 0.3 is 0 Å². The zero-order valence-electron chi connectivity index (χ0n) is 9.88. The maximum atomic E-state index is 11.4. The van der Waals surface area contributed by atoms with Crippen LogP contribution in [0.4, 0.5) is 5.69 Å². The van der Waals surface area contributed by atoms with E-state index in [9.17, 15) is 8.42 Å². The van der Waals surface area contributed by atoms with Gasteiger partial charge in [-0.15, -0.1) is 11.3 Å². The quantitative estimate of drug-likeness (QED) is 0.904. The third kappa shape index (κ3) is 2.90. The fourth-order valence-corrected chi connectivity index (χ4v) is 3.16. The molecule has 0 radical (unpaired) electrons. The van der Waals surface area contributed by atoms with Gasteiger partial charge in [-0.05, 0) is 36.1 Å². The molecule has 0 bridgehead atoms. The topological polar surface area (TPSA) is 72.2 Å². The fourth-order valence-electron chi connectivity index (χ4n) is 1.71. The van der Waals surface area contributed by atoms with Gasteiger partial charge in [0, 0.05) is 17.1 Å². The summed E-state index contributed by atoms with van der Waals surface area (Å²) in [5.74, 6) is 0. The summed E-state index contributed by atoms with van der Waals surface area (Å²) in [5.41, 5.74) is 1.44. The lowest BCUT2D eigenvalue weighted by Crippen LogP contribution is -2.14. The average molecular weight is 282 g/mol. The Kier molecular flexibility index (Phi) is 3.70. The van der Waals surface area contributed by atoms with Crippen molar-refractivity contribution in [2.45, 2.75) is 18.4 Å². The summed E-state index contributed by atoms with van der Waals surface area (Å²) >= 11 is 1.65. The molecule has 0 aliphatic heterocycles. The molecule has 96 valence electrons. The van der Waals surface area contributed by atoms with Crippen molar-refractivity contribution in [3.63, 3.8) is 0 Å². The van der Waals surface area contributed by atoms with Crippen molar-refractivity contribution >= 4 is 27.0 Å². The summed E-state index contributed by atoms with van der Waals surface area (Å²) in [6, 6.07) is 9.05. The monoisotopic (exact) mass is 282 g/mol. The molecule has 3 N–H and O–H groups in total. The van der Waals surface area contributed by atoms with E-state index in [1.54, 1.807) is 24.3 Å². The smallest absolute Gasteiger partial charge is 0.238 e. The van der Waals surface area contributed by atoms with E-state index < -0.39 is 10.0 Å². The summed E-state index contributed by atoms with van der Waals surface area (Å²) in [4.78, 5) is 1.36. The van der Waals surface area contributed by atoms with Gasteiger partial charge in [0.1, 0.15) is 0 Å². The van der Waals surface area contributed by atoms with Gasteiger partial charge in [-0.3, -0.25) is 0 Å². The van der Waals surface area contributed by atoms with E-state index in [2.05, 4.69) is 5.32 Å². The molecule has 0 unspecified atom stereocenters. The predicted octanol–water partition coefficient (Wildman–Crippen LogP) is 2.32. The third-order valence-electron chi connectivity index (χ3n) is 2.62. The van der Waals surface area contributed by atoms with Crippen molar-refractivity contribution in [1.29, 1.82) is 0 Å². The van der Waals surface area contributed by atoms with Crippen LogP contribution in [0.5, 0.6) is 0 Å². The van der Waals surface area contributed by atoms with Crippen LogP contribution >= 0.6 is 11.3 Å². The van der Waals surface area contributed by atoms with E-state index in [1.165, 1.54) is 10.9 Å². The summed E-state index contributed by atoms with van der Waals surface area (Å²) < 4.78 is 22.8. The Balaban J connectivity index is 2.24. The van der Waals surface area contributed by atoms with Gasteiger partial charge in [0.25, 0.3) is 0 Å². The van der Waals surface area contributed by atoms with Crippen LogP contribution in [0, 0.1) is 6.92 Å². The first-order chi connectivity index (χ1) is 8.48. The van der Waals surface area contributed by atoms with Crippen molar-refractivity contribution < 1.29 is 8.42 Å². The molecule has 0 fully saturated rings. The van der Waals surface area contributed by atoms with Crippen LogP contribution in [0.2, 0.25) is 0 Å². The van der Waals surface area contributed by atoms with Gasteiger partial charge in [0.05, 0.1) is 4.90 Å². The van der Waals surface area contributed by atoms with E-state index in [-0.39, 0.29) is 4.90 Å². The number of anilines is 1. The Morgan fingerprint density at radius 3 is 2.67 bits per heavy atom. The Morgan fingerprint density at radius 2 is 2.06 bits per heavy atom. The van der Waals surface area contributed by atoms with E-state index in [4.69, 9.17) is 5.14 Å². The number of primary sulfonamides is 1. The zero-order chi connectivity index (χ0) is 13.2. The van der Waals surface area contributed by atoms with Crippen molar-refractivity contribution in [1.82, 2.24) is 0 Å². The van der Waals surface area contributed by atoms with Gasteiger partial charge in [-0.25, -0.2) is 13.6 Å². The molecule has 2 rings (SSSR count). The maximum absolute atomic E-state index is 11.4. The highest BCUT2D eigenvalue weighted by Crippen LogP contribution is 2.23. The van der Waals surface area contributed by atoms with Gasteiger partial charge in [-0.1, -0.05) is 12.1 Å². The molecule has 0 amide bonds. The first-order valence-electron chi connectivity index (χ1n) is 5.37. The lowest BCUT2D eigenvalue weighted by atomic mass is 10.2. The van der Waals surface area contributed by atoms with E-state index in [1.807, 2.05) is 23.6 Å². The van der Waals surface area contributed by atoms with Crippen LogP contribution in [-0.4, -0.2) is 8.42 Å². The van der Waals surface area contributed by atoms with Gasteiger partial charge < -0.3 is 5.32 Å². The number of hydrogen-bond acceptors (Lipinski definition) is 4. The molecule has 0 spiro atoms. The Labute approximate surface area is 111 Å². The summed E-state index contributed by atoms with van der Waals surface area (Å²) in [6.45, 7) is 2.42. The van der Waals surface area contributed by atoms with Crippen LogP contribution in [0.1, 0.15) is 10.4 Å². The van der Waals surface area contributed by atoms with E-state index in [0.29, 0.717) is 12.1 Å². The number of hydrogen-bond donors (Lipinski definition) is 2. The molecule has 0 saturated carbocycles. The zero-order valence-corrected chi connectivity index (χ0v) is 11.5. The standard InChI is InChI=1S/C12H14N2O2S2/c1-9-11(14-8-10-4-3-7-17-10)5-2-6-12(9)18(13,15)16/h2-7,14H,8H2,1H3,(H2,13,15,16). The minimum absolute atomic E-state index is 0.165. The van der Waals surface area contributed by atoms with E-state index >= 15 is 0 Å². The Hall–Kier alpha value is -1.37. The normalized spacial score (nSPS) is 11.4. The second-order valence-electron chi connectivity index (χ2n) is 3.91. The molecule has 0 aliphatic carbocycles. The molecular weight excluding hydrogens is 268 g/mol. The minimum Gasteiger partial charge on any atom is -0.380 e. The molecule has 1 aromatic heterocycles. The minimum atomic E-state index is -3.67. The van der Waals surface area contributed by atoms with Crippen molar-refractivity contribution in [2.75, 3.05) is 5.32 Å². The Morgan fingerprint density at radius 1 is 1.28 bits per heavy atom. The number of thiophene rings is 1. The number of benzene rings is 1. The highest BCUT2D eigenvalue weighted by atomic mass is 32.2. The first kappa shape index (κ1) is 13.1. The van der Waals surface area contributed by atoms with Crippen LogP contribution in [-0.2, 0) is 16.6 Å². The molecule has 18 heavy (non-hydrogen) atoms. The SMILES string of the molecule is Cc1c(NCc2cccs2)cccc1S(N)(=O)=O. The molecule has 0 atom stereocenters. The van der Waals surface area contributed by atoms with Gasteiger partial charge in [-0.2, -0.15) is 0 Å². The molecular formula is C12H14N2O2S2. The lowest BCUT2D eigenvalue weighted by Gasteiger charge is -2.11. The predicted molar refractivity (Wildman–Crippen MR) is 74.2 cm³/mol. The molecule has 1 heterocycles. The molecule has 0 aliphatic rings. The third-order valence-corrected chi connectivity index (χ3v) is 4.56. The molecule has 1 aromatic carbocycles. The molecule has 2 aromatic rings. The summed E-state index contributed by atoms with van der Waals surface area (Å²) in [6.07, 6.45) is 0. The molecule has 4 nitrogen and oxygen atoms in total. The van der Waals surface area contributed by atoms with Crippen molar-refractivity contribution in [3.05, 3.63) is 46.2 Å². The second-order valence-corrected chi connectivity index (χ2v) is 6.47. The van der Waals surface area contributed by atoms with Crippen molar-refractivity contribution in [3.8, 4) is 0 Å². The van der Waals surface area contributed by atoms with Crippen LogP contribution < -0.4 is 10.5 Å². The summed E-state index contributed by atoms with van der Waals surface area (Å²) in [7, 11) is -3.67. The van der Waals surface area contributed by atoms with Crippen molar-refractivity contribution in [2.24, 2.45) is 5.14 Å². The number of nitrogens with one attached hydrogen (secondary N) is 1. The number of sulfonamides is 1. The molecule has 6 heteroatoms. The highest BCUT2D eigenvalue weighted by Gasteiger charge is 2.13. The maximum Gasteiger partial charge on any atom is 0.238 e. The average Bonchev–Trinajstić information content (AvgIpc) is 2.79. The van der Waals surface area contributed by atoms with Gasteiger partial charge in [0.2, 0.25) is 10.0 Å². The first-order valence-corrected chi connectivity index (χ1v) is 7.80. The van der Waals surface area contributed by atoms with Crippen LogP contribution in [0.25, 0.3) is 0 Å². The highest BCUT2D eigenvalue weighted by molar-refractivity contribution is 7.89. The van der Waals surface area contributed by atoms with Crippen LogP contribution in [0.3, 0.4) is 0 Å². The fraction of sp³-hybridized carbons (Fsp3) is 0.167. The van der Waals surface area contributed by atoms with E-state index in [0.717, 1.165) is 5.69 Å². The summed E-state index contributed by atoms with van der Waals surface area (Å²) in [5, 5.41) is 10.4. The molecule has 0 saturated heterocycles. The second kappa shape index (κ2) is 5.09. The number of nitrogens with two attached hydrogens (primary N) is 1.